The Bertz CT molecular complexity index is 650. The lowest BCUT2D eigenvalue weighted by molar-refractivity contribution is -0.137. The van der Waals surface area contributed by atoms with Gasteiger partial charge in [-0.25, -0.2) is 9.97 Å². The Balaban J connectivity index is 2.31. The van der Waals surface area contributed by atoms with Crippen molar-refractivity contribution in [3.8, 4) is 0 Å². The first kappa shape index (κ1) is 14.0. The molecular weight excluding hydrogens is 275 g/mol. The van der Waals surface area contributed by atoms with Gasteiger partial charge < -0.3 is 9.73 Å². The first-order valence-electron chi connectivity index (χ1n) is 5.56. The molecular formula is C12H10F3N3O2. The minimum Gasteiger partial charge on any atom is -0.436 e. The molecule has 0 radical (unpaired) electrons. The number of carbonyl (C=O) groups excluding carboxylic acids is 1. The molecule has 0 spiro atoms. The lowest BCUT2D eigenvalue weighted by Crippen LogP contribution is -2.18. The maximum Gasteiger partial charge on any atom is 0.419 e. The second-order valence-electron chi connectivity index (χ2n) is 4.00. The van der Waals surface area contributed by atoms with Crippen LogP contribution in [0.4, 0.5) is 19.0 Å². The topological polar surface area (TPSA) is 68.0 Å². The van der Waals surface area contributed by atoms with E-state index >= 15 is 0 Å². The summed E-state index contributed by atoms with van der Waals surface area (Å²) < 4.78 is 43.3. The average Bonchev–Trinajstić information content (AvgIpc) is 2.68. The second-order valence-corrected chi connectivity index (χ2v) is 4.00. The van der Waals surface area contributed by atoms with Crippen molar-refractivity contribution in [2.75, 3.05) is 5.32 Å². The lowest BCUT2D eigenvalue weighted by Gasteiger charge is -2.11. The second kappa shape index (κ2) is 4.95. The van der Waals surface area contributed by atoms with Gasteiger partial charge in [-0.1, -0.05) is 0 Å². The minimum absolute atomic E-state index is 0.138. The molecule has 0 aliphatic rings. The Morgan fingerprint density at radius 3 is 2.60 bits per heavy atom. The zero-order valence-electron chi connectivity index (χ0n) is 10.6. The van der Waals surface area contributed by atoms with Crippen molar-refractivity contribution in [1.29, 1.82) is 0 Å². The molecule has 0 aliphatic carbocycles. The fourth-order valence-electron chi connectivity index (χ4n) is 1.64. The van der Waals surface area contributed by atoms with Crippen molar-refractivity contribution in [1.82, 2.24) is 9.97 Å². The van der Waals surface area contributed by atoms with Gasteiger partial charge in [0.25, 0.3) is 5.91 Å². The number of aromatic nitrogens is 2. The quantitative estimate of drug-likeness (QED) is 0.921. The highest BCUT2D eigenvalue weighted by molar-refractivity contribution is 6.02. The maximum atomic E-state index is 12.8. The zero-order valence-corrected chi connectivity index (χ0v) is 10.6. The summed E-state index contributed by atoms with van der Waals surface area (Å²) >= 11 is 0. The molecule has 0 saturated carbocycles. The lowest BCUT2D eigenvalue weighted by atomic mass is 10.2. The normalized spacial score (nSPS) is 11.4. The molecule has 0 bridgehead atoms. The van der Waals surface area contributed by atoms with Crippen LogP contribution in [0, 0.1) is 13.8 Å². The van der Waals surface area contributed by atoms with Crippen molar-refractivity contribution in [3.05, 3.63) is 41.2 Å². The zero-order chi connectivity index (χ0) is 14.9. The van der Waals surface area contributed by atoms with E-state index in [1.54, 1.807) is 0 Å². The van der Waals surface area contributed by atoms with Crippen molar-refractivity contribution in [2.45, 2.75) is 20.0 Å². The first-order valence-corrected chi connectivity index (χ1v) is 5.56. The fraction of sp³-hybridized carbons (Fsp3) is 0.250. The van der Waals surface area contributed by atoms with Gasteiger partial charge in [-0.2, -0.15) is 13.2 Å². The molecule has 1 N–H and O–H groups in total. The predicted molar refractivity (Wildman–Crippen MR) is 63.2 cm³/mol. The van der Waals surface area contributed by atoms with E-state index in [9.17, 15) is 18.0 Å². The van der Waals surface area contributed by atoms with Crippen LogP contribution in [0.25, 0.3) is 0 Å². The number of nitrogens with one attached hydrogen (secondary N) is 1. The van der Waals surface area contributed by atoms with Crippen LogP contribution in [0.5, 0.6) is 0 Å². The number of rotatable bonds is 2. The van der Waals surface area contributed by atoms with Gasteiger partial charge in [0.1, 0.15) is 5.82 Å². The first-order chi connectivity index (χ1) is 9.29. The number of hydrogen-bond donors (Lipinski definition) is 1. The van der Waals surface area contributed by atoms with Crippen LogP contribution in [0.3, 0.4) is 0 Å². The number of alkyl halides is 3. The van der Waals surface area contributed by atoms with Gasteiger partial charge in [0.05, 0.1) is 11.3 Å². The van der Waals surface area contributed by atoms with Crippen molar-refractivity contribution < 1.29 is 22.4 Å². The van der Waals surface area contributed by atoms with Crippen molar-refractivity contribution in [2.24, 2.45) is 0 Å². The van der Waals surface area contributed by atoms with Gasteiger partial charge in [-0.3, -0.25) is 4.79 Å². The van der Waals surface area contributed by atoms with Crippen molar-refractivity contribution >= 4 is 11.7 Å². The average molecular weight is 285 g/mol. The Kier molecular flexibility index (Phi) is 3.47. The summed E-state index contributed by atoms with van der Waals surface area (Å²) in [5.74, 6) is -1.28. The third-order valence-electron chi connectivity index (χ3n) is 2.45. The minimum atomic E-state index is -4.61. The molecule has 5 nitrogen and oxygen atoms in total. The van der Waals surface area contributed by atoms with Gasteiger partial charge in [0.2, 0.25) is 5.76 Å². The van der Waals surface area contributed by atoms with E-state index in [4.69, 9.17) is 4.42 Å². The van der Waals surface area contributed by atoms with E-state index in [1.807, 2.05) is 0 Å². The third kappa shape index (κ3) is 2.79. The van der Waals surface area contributed by atoms with E-state index < -0.39 is 23.5 Å². The summed E-state index contributed by atoms with van der Waals surface area (Å²) in [6.07, 6.45) is -3.45. The number of halogens is 3. The summed E-state index contributed by atoms with van der Waals surface area (Å²) in [7, 11) is 0. The molecule has 0 aliphatic heterocycles. The van der Waals surface area contributed by atoms with Crippen LogP contribution in [-0.4, -0.2) is 15.9 Å². The number of aryl methyl sites for hydroxylation is 2. The summed E-state index contributed by atoms with van der Waals surface area (Å²) in [6, 6.07) is 1.98. The van der Waals surface area contributed by atoms with Crippen LogP contribution in [0.15, 0.2) is 22.7 Å². The van der Waals surface area contributed by atoms with Crippen LogP contribution in [0.1, 0.15) is 27.7 Å². The van der Waals surface area contributed by atoms with E-state index in [2.05, 4.69) is 15.3 Å². The molecule has 2 aromatic rings. The monoisotopic (exact) mass is 285 g/mol. The summed E-state index contributed by atoms with van der Waals surface area (Å²) in [5.41, 5.74) is -0.730. The third-order valence-corrected chi connectivity index (χ3v) is 2.45. The van der Waals surface area contributed by atoms with E-state index in [1.165, 1.54) is 13.8 Å². The van der Waals surface area contributed by atoms with E-state index in [0.717, 1.165) is 18.3 Å². The Morgan fingerprint density at radius 2 is 2.05 bits per heavy atom. The molecule has 0 saturated heterocycles. The standard InChI is InChI=1S/C12H10F3N3O2/c1-6-9(20-7(2)17-6)11(19)18-10-8(12(13,14)15)4-3-5-16-10/h3-5H,1-2H3,(H,16,18,19). The fourth-order valence-corrected chi connectivity index (χ4v) is 1.64. The van der Waals surface area contributed by atoms with E-state index in [0.29, 0.717) is 5.69 Å². The van der Waals surface area contributed by atoms with Crippen LogP contribution in [0.2, 0.25) is 0 Å². The molecule has 2 heterocycles. The number of carbonyl (C=O) groups is 1. The van der Waals surface area contributed by atoms with Gasteiger partial charge in [0.15, 0.2) is 5.89 Å². The highest BCUT2D eigenvalue weighted by Crippen LogP contribution is 2.33. The molecule has 0 atom stereocenters. The molecule has 0 fully saturated rings. The summed E-state index contributed by atoms with van der Waals surface area (Å²) in [5, 5.41) is 2.08. The molecule has 0 unspecified atom stereocenters. The molecule has 2 aromatic heterocycles. The molecule has 20 heavy (non-hydrogen) atoms. The molecule has 2 rings (SSSR count). The molecule has 1 amide bonds. The highest BCUT2D eigenvalue weighted by atomic mass is 19.4. The van der Waals surface area contributed by atoms with Crippen LogP contribution in [-0.2, 0) is 6.18 Å². The Morgan fingerprint density at radius 1 is 1.35 bits per heavy atom. The number of nitrogens with zero attached hydrogens (tertiary/aromatic N) is 2. The van der Waals surface area contributed by atoms with Gasteiger partial charge in [0, 0.05) is 13.1 Å². The Labute approximate surface area is 111 Å². The van der Waals surface area contributed by atoms with Crippen molar-refractivity contribution in [3.63, 3.8) is 0 Å². The highest BCUT2D eigenvalue weighted by Gasteiger charge is 2.35. The summed E-state index contributed by atoms with van der Waals surface area (Å²) in [6.45, 7) is 3.06. The number of pyridine rings is 1. The van der Waals surface area contributed by atoms with Crippen LogP contribution < -0.4 is 5.32 Å². The molecule has 106 valence electrons. The van der Waals surface area contributed by atoms with Gasteiger partial charge >= 0.3 is 6.18 Å². The predicted octanol–water partition coefficient (Wildman–Crippen LogP) is 2.96. The number of oxazole rings is 1. The number of anilines is 1. The Hall–Kier alpha value is -2.38. The molecule has 0 aromatic carbocycles. The smallest absolute Gasteiger partial charge is 0.419 e. The maximum absolute atomic E-state index is 12.8. The number of amides is 1. The molecule has 8 heteroatoms. The van der Waals surface area contributed by atoms with Crippen LogP contribution >= 0.6 is 0 Å². The van der Waals surface area contributed by atoms with E-state index in [-0.39, 0.29) is 11.7 Å². The SMILES string of the molecule is Cc1nc(C)c(C(=O)Nc2ncccc2C(F)(F)F)o1. The summed E-state index contributed by atoms with van der Waals surface area (Å²) in [4.78, 5) is 19.3. The number of hydrogen-bond acceptors (Lipinski definition) is 4. The van der Waals surface area contributed by atoms with Gasteiger partial charge in [-0.05, 0) is 19.1 Å². The van der Waals surface area contributed by atoms with Gasteiger partial charge in [-0.15, -0.1) is 0 Å². The largest absolute Gasteiger partial charge is 0.436 e.